The van der Waals surface area contributed by atoms with Crippen LogP contribution in [0.2, 0.25) is 0 Å². The highest BCUT2D eigenvalue weighted by molar-refractivity contribution is 5.49. The number of nitrogens with one attached hydrogen (secondary N) is 1. The van der Waals surface area contributed by atoms with Crippen molar-refractivity contribution < 1.29 is 4.74 Å². The van der Waals surface area contributed by atoms with Gasteiger partial charge >= 0.3 is 0 Å². The Hall–Kier alpha value is -1.76. The van der Waals surface area contributed by atoms with Crippen LogP contribution >= 0.6 is 0 Å². The number of hydrogen-bond acceptors (Lipinski definition) is 4. The molecule has 4 nitrogen and oxygen atoms in total. The minimum Gasteiger partial charge on any atom is -0.458 e. The molecule has 1 aromatic rings. The van der Waals surface area contributed by atoms with Crippen molar-refractivity contribution in [2.75, 3.05) is 11.9 Å². The van der Waals surface area contributed by atoms with E-state index in [0.717, 1.165) is 30.8 Å². The molecule has 1 aromatic heterocycles. The number of ether oxygens (including phenoxy) is 1. The lowest BCUT2D eigenvalue weighted by molar-refractivity contribution is 0.162. The van der Waals surface area contributed by atoms with Crippen molar-refractivity contribution in [3.05, 3.63) is 11.9 Å². The van der Waals surface area contributed by atoms with Crippen LogP contribution in [-0.4, -0.2) is 22.1 Å². The SMILES string of the molecule is C#CC(C)(C)Oc1ncnc(NCC)c1CCC. The highest BCUT2D eigenvalue weighted by Gasteiger charge is 2.20. The summed E-state index contributed by atoms with van der Waals surface area (Å²) < 4.78 is 5.79. The van der Waals surface area contributed by atoms with E-state index in [4.69, 9.17) is 11.2 Å². The smallest absolute Gasteiger partial charge is 0.223 e. The van der Waals surface area contributed by atoms with E-state index in [2.05, 4.69) is 28.1 Å². The molecule has 0 spiro atoms. The monoisotopic (exact) mass is 247 g/mol. The average Bonchev–Trinajstić information content (AvgIpc) is 2.33. The summed E-state index contributed by atoms with van der Waals surface area (Å²) in [5.41, 5.74) is 0.325. The number of nitrogens with zero attached hydrogens (tertiary/aromatic N) is 2. The average molecular weight is 247 g/mol. The van der Waals surface area contributed by atoms with Gasteiger partial charge in [-0.2, -0.15) is 0 Å². The number of terminal acetylenes is 1. The zero-order chi connectivity index (χ0) is 13.6. The van der Waals surface area contributed by atoms with Gasteiger partial charge in [-0.25, -0.2) is 9.97 Å². The predicted molar refractivity (Wildman–Crippen MR) is 73.7 cm³/mol. The summed E-state index contributed by atoms with van der Waals surface area (Å²) >= 11 is 0. The molecule has 98 valence electrons. The van der Waals surface area contributed by atoms with Gasteiger partial charge in [-0.05, 0) is 27.2 Å². The van der Waals surface area contributed by atoms with Gasteiger partial charge in [0.1, 0.15) is 12.1 Å². The molecule has 0 aliphatic carbocycles. The molecule has 1 N–H and O–H groups in total. The van der Waals surface area contributed by atoms with Crippen LogP contribution in [-0.2, 0) is 6.42 Å². The molecule has 0 bridgehead atoms. The summed E-state index contributed by atoms with van der Waals surface area (Å²) in [6.45, 7) is 8.64. The first-order valence-electron chi connectivity index (χ1n) is 6.28. The molecule has 1 rings (SSSR count). The Morgan fingerprint density at radius 1 is 1.39 bits per heavy atom. The van der Waals surface area contributed by atoms with Crippen molar-refractivity contribution in [2.45, 2.75) is 46.1 Å². The van der Waals surface area contributed by atoms with Crippen LogP contribution in [0.1, 0.15) is 39.7 Å². The molecule has 0 atom stereocenters. The molecule has 0 amide bonds. The minimum atomic E-state index is -0.666. The molecule has 18 heavy (non-hydrogen) atoms. The first-order valence-corrected chi connectivity index (χ1v) is 6.28. The maximum Gasteiger partial charge on any atom is 0.223 e. The molecule has 1 heterocycles. The number of rotatable bonds is 6. The van der Waals surface area contributed by atoms with Crippen molar-refractivity contribution >= 4 is 5.82 Å². The summed E-state index contributed by atoms with van der Waals surface area (Å²) in [5.74, 6) is 4.01. The van der Waals surface area contributed by atoms with Crippen LogP contribution < -0.4 is 10.1 Å². The van der Waals surface area contributed by atoms with E-state index in [9.17, 15) is 0 Å². The van der Waals surface area contributed by atoms with E-state index in [1.165, 1.54) is 6.33 Å². The second-order valence-electron chi connectivity index (χ2n) is 4.54. The lowest BCUT2D eigenvalue weighted by Gasteiger charge is -2.22. The molecule has 0 radical (unpaired) electrons. The van der Waals surface area contributed by atoms with Crippen molar-refractivity contribution in [3.8, 4) is 18.2 Å². The summed E-state index contributed by atoms with van der Waals surface area (Å²) in [4.78, 5) is 8.45. The van der Waals surface area contributed by atoms with Gasteiger partial charge in [0.25, 0.3) is 0 Å². The molecule has 0 aliphatic heterocycles. The second kappa shape index (κ2) is 6.25. The fraction of sp³-hybridized carbons (Fsp3) is 0.571. The van der Waals surface area contributed by atoms with Crippen LogP contribution in [0, 0.1) is 12.3 Å². The van der Waals surface area contributed by atoms with Crippen LogP contribution in [0.15, 0.2) is 6.33 Å². The van der Waals surface area contributed by atoms with Crippen molar-refractivity contribution in [1.29, 1.82) is 0 Å². The van der Waals surface area contributed by atoms with E-state index in [-0.39, 0.29) is 0 Å². The standard InChI is InChI=1S/C14H21N3O/c1-6-9-11-12(15-8-3)16-10-17-13(11)18-14(4,5)7-2/h2,10H,6,8-9H2,1,3-5H3,(H,15,16,17). The topological polar surface area (TPSA) is 47.0 Å². The van der Waals surface area contributed by atoms with Gasteiger partial charge in [-0.1, -0.05) is 19.3 Å². The normalized spacial score (nSPS) is 10.8. The Bertz CT molecular complexity index is 435. The van der Waals surface area contributed by atoms with Gasteiger partial charge in [-0.3, -0.25) is 0 Å². The van der Waals surface area contributed by atoms with Gasteiger partial charge in [-0.15, -0.1) is 6.42 Å². The third-order valence-corrected chi connectivity index (χ3v) is 2.45. The Kier molecular flexibility index (Phi) is 4.96. The number of hydrogen-bond donors (Lipinski definition) is 1. The van der Waals surface area contributed by atoms with E-state index in [1.54, 1.807) is 0 Å². The quantitative estimate of drug-likeness (QED) is 0.785. The van der Waals surface area contributed by atoms with Crippen molar-refractivity contribution in [2.24, 2.45) is 0 Å². The summed E-state index contributed by atoms with van der Waals surface area (Å²) in [5, 5.41) is 3.22. The summed E-state index contributed by atoms with van der Waals surface area (Å²) in [6.07, 6.45) is 8.80. The van der Waals surface area contributed by atoms with Crippen molar-refractivity contribution in [1.82, 2.24) is 9.97 Å². The Morgan fingerprint density at radius 2 is 2.11 bits per heavy atom. The maximum absolute atomic E-state index is 5.79. The minimum absolute atomic E-state index is 0.575. The highest BCUT2D eigenvalue weighted by Crippen LogP contribution is 2.26. The molecule has 0 fully saturated rings. The van der Waals surface area contributed by atoms with E-state index >= 15 is 0 Å². The van der Waals surface area contributed by atoms with Crippen LogP contribution in [0.3, 0.4) is 0 Å². The molecule has 0 unspecified atom stereocenters. The number of aromatic nitrogens is 2. The molecule has 0 saturated heterocycles. The maximum atomic E-state index is 5.79. The zero-order valence-corrected chi connectivity index (χ0v) is 11.6. The lowest BCUT2D eigenvalue weighted by Crippen LogP contribution is -2.27. The van der Waals surface area contributed by atoms with Crippen LogP contribution in [0.25, 0.3) is 0 Å². The molecule has 0 saturated carbocycles. The second-order valence-corrected chi connectivity index (χ2v) is 4.54. The van der Waals surface area contributed by atoms with Crippen LogP contribution in [0.5, 0.6) is 5.88 Å². The highest BCUT2D eigenvalue weighted by atomic mass is 16.5. The predicted octanol–water partition coefficient (Wildman–Crippen LogP) is 2.65. The van der Waals surface area contributed by atoms with Gasteiger partial charge in [0, 0.05) is 6.54 Å². The summed E-state index contributed by atoms with van der Waals surface area (Å²) in [7, 11) is 0. The van der Waals surface area contributed by atoms with E-state index < -0.39 is 5.60 Å². The zero-order valence-electron chi connectivity index (χ0n) is 11.6. The van der Waals surface area contributed by atoms with E-state index in [0.29, 0.717) is 5.88 Å². The van der Waals surface area contributed by atoms with Gasteiger partial charge in [0.05, 0.1) is 5.56 Å². The third-order valence-electron chi connectivity index (χ3n) is 2.45. The van der Waals surface area contributed by atoms with Crippen molar-refractivity contribution in [3.63, 3.8) is 0 Å². The molecular weight excluding hydrogens is 226 g/mol. The largest absolute Gasteiger partial charge is 0.458 e. The van der Waals surface area contributed by atoms with E-state index in [1.807, 2.05) is 20.8 Å². The number of anilines is 1. The molecule has 4 heteroatoms. The first-order chi connectivity index (χ1) is 8.54. The lowest BCUT2D eigenvalue weighted by atomic mass is 10.1. The Labute approximate surface area is 109 Å². The molecule has 0 aliphatic rings. The van der Waals surface area contributed by atoms with Crippen LogP contribution in [0.4, 0.5) is 5.82 Å². The molecule has 0 aromatic carbocycles. The van der Waals surface area contributed by atoms with Gasteiger partial charge in [0.15, 0.2) is 5.60 Å². The Morgan fingerprint density at radius 3 is 2.67 bits per heavy atom. The van der Waals surface area contributed by atoms with Gasteiger partial charge in [0.2, 0.25) is 5.88 Å². The molecular formula is C14H21N3O. The fourth-order valence-electron chi connectivity index (χ4n) is 1.55. The third kappa shape index (κ3) is 3.63. The fourth-order valence-corrected chi connectivity index (χ4v) is 1.55. The first kappa shape index (κ1) is 14.3. The Balaban J connectivity index is 3.10. The van der Waals surface area contributed by atoms with Gasteiger partial charge < -0.3 is 10.1 Å². The summed E-state index contributed by atoms with van der Waals surface area (Å²) in [6, 6.07) is 0.